The number of nitrogens with two attached hydrogens (primary N) is 1. The van der Waals surface area contributed by atoms with Gasteiger partial charge in [-0.3, -0.25) is 4.68 Å². The van der Waals surface area contributed by atoms with Crippen LogP contribution in [-0.4, -0.2) is 24.0 Å². The van der Waals surface area contributed by atoms with Crippen LogP contribution in [0.2, 0.25) is 0 Å². The van der Waals surface area contributed by atoms with Gasteiger partial charge in [0.2, 0.25) is 0 Å². The number of methoxy groups -OCH3 is 2. The van der Waals surface area contributed by atoms with Crippen molar-refractivity contribution in [1.82, 2.24) is 9.78 Å². The molecule has 1 atom stereocenters. The number of hydrogen-bond acceptors (Lipinski definition) is 4. The van der Waals surface area contributed by atoms with E-state index < -0.39 is 11.9 Å². The van der Waals surface area contributed by atoms with Gasteiger partial charge < -0.3 is 15.2 Å². The SMILES string of the molecule is COc1ccc(C(N)c2c(OC)cnn2C)cc1F. The highest BCUT2D eigenvalue weighted by Gasteiger charge is 2.20. The van der Waals surface area contributed by atoms with Crippen LogP contribution in [0.25, 0.3) is 0 Å². The zero-order chi connectivity index (χ0) is 14.0. The van der Waals surface area contributed by atoms with Crippen LogP contribution in [0.5, 0.6) is 11.5 Å². The molecular weight excluding hydrogens is 249 g/mol. The fourth-order valence-electron chi connectivity index (χ4n) is 1.97. The fraction of sp³-hybridized carbons (Fsp3) is 0.308. The average Bonchev–Trinajstić information content (AvgIpc) is 2.78. The van der Waals surface area contributed by atoms with Crippen LogP contribution in [0.1, 0.15) is 17.3 Å². The fourth-order valence-corrected chi connectivity index (χ4v) is 1.97. The third-order valence-corrected chi connectivity index (χ3v) is 3.00. The van der Waals surface area contributed by atoms with Gasteiger partial charge >= 0.3 is 0 Å². The standard InChI is InChI=1S/C13H16FN3O2/c1-17-13(11(19-3)7-16-17)12(15)8-4-5-10(18-2)9(14)6-8/h4-7,12H,15H2,1-3H3. The summed E-state index contributed by atoms with van der Waals surface area (Å²) in [6.45, 7) is 0. The zero-order valence-electron chi connectivity index (χ0n) is 11.1. The molecule has 0 aliphatic heterocycles. The molecule has 0 fully saturated rings. The van der Waals surface area contributed by atoms with E-state index in [1.165, 1.54) is 13.2 Å². The van der Waals surface area contributed by atoms with E-state index in [0.29, 0.717) is 17.0 Å². The van der Waals surface area contributed by atoms with Crippen LogP contribution >= 0.6 is 0 Å². The first-order chi connectivity index (χ1) is 9.08. The molecule has 19 heavy (non-hydrogen) atoms. The van der Waals surface area contributed by atoms with Crippen molar-refractivity contribution in [2.45, 2.75) is 6.04 Å². The van der Waals surface area contributed by atoms with Gasteiger partial charge in [0.1, 0.15) is 5.69 Å². The number of halogens is 1. The van der Waals surface area contributed by atoms with Gasteiger partial charge in [-0.2, -0.15) is 5.10 Å². The molecular formula is C13H16FN3O2. The predicted molar refractivity (Wildman–Crippen MR) is 68.7 cm³/mol. The molecule has 0 radical (unpaired) electrons. The number of aryl methyl sites for hydroxylation is 1. The number of benzene rings is 1. The Hall–Kier alpha value is -2.08. The third-order valence-electron chi connectivity index (χ3n) is 3.00. The molecule has 0 saturated heterocycles. The maximum Gasteiger partial charge on any atom is 0.165 e. The minimum absolute atomic E-state index is 0.188. The molecule has 102 valence electrons. The summed E-state index contributed by atoms with van der Waals surface area (Å²) in [4.78, 5) is 0. The van der Waals surface area contributed by atoms with Crippen LogP contribution in [0.4, 0.5) is 4.39 Å². The van der Waals surface area contributed by atoms with Crippen molar-refractivity contribution in [3.05, 3.63) is 41.5 Å². The second-order valence-corrected chi connectivity index (χ2v) is 4.09. The Kier molecular flexibility index (Phi) is 3.71. The highest BCUT2D eigenvalue weighted by atomic mass is 19.1. The van der Waals surface area contributed by atoms with Gasteiger partial charge in [-0.15, -0.1) is 0 Å². The van der Waals surface area contributed by atoms with Gasteiger partial charge in [-0.05, 0) is 17.7 Å². The number of ether oxygens (including phenoxy) is 2. The van der Waals surface area contributed by atoms with Crippen molar-refractivity contribution in [1.29, 1.82) is 0 Å². The molecule has 1 unspecified atom stereocenters. The van der Waals surface area contributed by atoms with E-state index in [9.17, 15) is 4.39 Å². The maximum atomic E-state index is 13.7. The quantitative estimate of drug-likeness (QED) is 0.912. The Morgan fingerprint density at radius 3 is 2.53 bits per heavy atom. The summed E-state index contributed by atoms with van der Waals surface area (Å²) in [5.41, 5.74) is 7.46. The molecule has 0 spiro atoms. The van der Waals surface area contributed by atoms with Crippen LogP contribution in [0, 0.1) is 5.82 Å². The van der Waals surface area contributed by atoms with Crippen LogP contribution in [-0.2, 0) is 7.05 Å². The lowest BCUT2D eigenvalue weighted by Gasteiger charge is -2.15. The predicted octanol–water partition coefficient (Wildman–Crippen LogP) is 1.62. The number of aromatic nitrogens is 2. The van der Waals surface area contributed by atoms with E-state index in [0.717, 1.165) is 0 Å². The third kappa shape index (κ3) is 2.39. The van der Waals surface area contributed by atoms with E-state index >= 15 is 0 Å². The highest BCUT2D eigenvalue weighted by molar-refractivity contribution is 5.38. The molecule has 1 aromatic carbocycles. The lowest BCUT2D eigenvalue weighted by Crippen LogP contribution is -2.17. The smallest absolute Gasteiger partial charge is 0.165 e. The Morgan fingerprint density at radius 1 is 1.26 bits per heavy atom. The molecule has 5 nitrogen and oxygen atoms in total. The molecule has 0 saturated carbocycles. The largest absolute Gasteiger partial charge is 0.494 e. The summed E-state index contributed by atoms with van der Waals surface area (Å²) in [7, 11) is 4.72. The number of rotatable bonds is 4. The molecule has 2 rings (SSSR count). The van der Waals surface area contributed by atoms with Gasteiger partial charge in [0.25, 0.3) is 0 Å². The zero-order valence-corrected chi connectivity index (χ0v) is 11.1. The molecule has 2 aromatic rings. The summed E-state index contributed by atoms with van der Waals surface area (Å²) in [6.07, 6.45) is 1.58. The molecule has 6 heteroatoms. The van der Waals surface area contributed by atoms with Gasteiger partial charge in [0.15, 0.2) is 17.3 Å². The van der Waals surface area contributed by atoms with Crippen molar-refractivity contribution in [2.24, 2.45) is 12.8 Å². The molecule has 2 N–H and O–H groups in total. The van der Waals surface area contributed by atoms with E-state index in [1.807, 2.05) is 0 Å². The molecule has 1 aromatic heterocycles. The Labute approximate surface area is 110 Å². The maximum absolute atomic E-state index is 13.7. The highest BCUT2D eigenvalue weighted by Crippen LogP contribution is 2.29. The molecule has 0 aliphatic rings. The van der Waals surface area contributed by atoms with Crippen molar-refractivity contribution in [2.75, 3.05) is 14.2 Å². The molecule has 1 heterocycles. The second kappa shape index (κ2) is 5.27. The van der Waals surface area contributed by atoms with Crippen molar-refractivity contribution < 1.29 is 13.9 Å². The summed E-state index contributed by atoms with van der Waals surface area (Å²) in [5.74, 6) is 0.315. The average molecular weight is 265 g/mol. The molecule has 0 bridgehead atoms. The summed E-state index contributed by atoms with van der Waals surface area (Å²) in [6, 6.07) is 4.10. The van der Waals surface area contributed by atoms with Crippen LogP contribution in [0.15, 0.2) is 24.4 Å². The van der Waals surface area contributed by atoms with Crippen molar-refractivity contribution in [3.8, 4) is 11.5 Å². The summed E-state index contributed by atoms with van der Waals surface area (Å²) >= 11 is 0. The van der Waals surface area contributed by atoms with Crippen LogP contribution < -0.4 is 15.2 Å². The van der Waals surface area contributed by atoms with E-state index in [2.05, 4.69) is 5.10 Å². The topological polar surface area (TPSA) is 62.3 Å². The van der Waals surface area contributed by atoms with Crippen molar-refractivity contribution >= 4 is 0 Å². The number of nitrogens with zero attached hydrogens (tertiary/aromatic N) is 2. The van der Waals surface area contributed by atoms with E-state index in [4.69, 9.17) is 15.2 Å². The molecule has 0 amide bonds. The minimum Gasteiger partial charge on any atom is -0.494 e. The van der Waals surface area contributed by atoms with Crippen molar-refractivity contribution in [3.63, 3.8) is 0 Å². The molecule has 0 aliphatic carbocycles. The number of hydrogen-bond donors (Lipinski definition) is 1. The first-order valence-electron chi connectivity index (χ1n) is 5.73. The normalized spacial score (nSPS) is 12.3. The lowest BCUT2D eigenvalue weighted by atomic mass is 10.0. The van der Waals surface area contributed by atoms with Gasteiger partial charge in [-0.25, -0.2) is 4.39 Å². The van der Waals surface area contributed by atoms with E-state index in [-0.39, 0.29) is 5.75 Å². The first-order valence-corrected chi connectivity index (χ1v) is 5.73. The van der Waals surface area contributed by atoms with Gasteiger partial charge in [-0.1, -0.05) is 6.07 Å². The van der Waals surface area contributed by atoms with E-state index in [1.54, 1.807) is 37.2 Å². The minimum atomic E-state index is -0.525. The Bertz CT molecular complexity index is 583. The first kappa shape index (κ1) is 13.4. The Morgan fingerprint density at radius 2 is 1.95 bits per heavy atom. The summed E-state index contributed by atoms with van der Waals surface area (Å²) < 4.78 is 25.4. The second-order valence-electron chi connectivity index (χ2n) is 4.09. The van der Waals surface area contributed by atoms with Crippen LogP contribution in [0.3, 0.4) is 0 Å². The summed E-state index contributed by atoms with van der Waals surface area (Å²) in [5, 5.41) is 4.08. The van der Waals surface area contributed by atoms with Gasteiger partial charge in [0.05, 0.1) is 26.5 Å². The monoisotopic (exact) mass is 265 g/mol. The Balaban J connectivity index is 2.41. The lowest BCUT2D eigenvalue weighted by molar-refractivity contribution is 0.385. The van der Waals surface area contributed by atoms with Gasteiger partial charge in [0, 0.05) is 7.05 Å².